The molecule has 0 radical (unpaired) electrons. The summed E-state index contributed by atoms with van der Waals surface area (Å²) >= 11 is 0. The zero-order valence-electron chi connectivity index (χ0n) is 10.4. The van der Waals surface area contributed by atoms with Gasteiger partial charge in [-0.3, -0.25) is 0 Å². The Bertz CT molecular complexity index is 341. The van der Waals surface area contributed by atoms with Gasteiger partial charge in [0.2, 0.25) is 0 Å². The minimum Gasteiger partial charge on any atom is -0.385 e. The average Bonchev–Trinajstić information content (AvgIpc) is 2.72. The number of rotatable bonds is 3. The lowest BCUT2D eigenvalue weighted by atomic mass is 9.82. The van der Waals surface area contributed by atoms with Crippen molar-refractivity contribution in [1.82, 2.24) is 0 Å². The van der Waals surface area contributed by atoms with Crippen LogP contribution in [0.15, 0.2) is 24.3 Å². The van der Waals surface area contributed by atoms with Crippen molar-refractivity contribution in [2.45, 2.75) is 51.6 Å². The molecule has 0 aliphatic heterocycles. The van der Waals surface area contributed by atoms with Gasteiger partial charge < -0.3 is 5.11 Å². The van der Waals surface area contributed by atoms with Crippen LogP contribution >= 0.6 is 0 Å². The van der Waals surface area contributed by atoms with E-state index in [9.17, 15) is 5.11 Å². The lowest BCUT2D eigenvalue weighted by Crippen LogP contribution is -2.29. The van der Waals surface area contributed by atoms with Gasteiger partial charge in [0.05, 0.1) is 5.60 Å². The predicted octanol–water partition coefficient (Wildman–Crippen LogP) is 3.65. The Morgan fingerprint density at radius 3 is 2.50 bits per heavy atom. The molecule has 1 nitrogen and oxygen atoms in total. The fraction of sp³-hybridized carbons (Fsp3) is 0.600. The van der Waals surface area contributed by atoms with Crippen molar-refractivity contribution in [2.75, 3.05) is 0 Å². The highest BCUT2D eigenvalue weighted by molar-refractivity contribution is 5.28. The van der Waals surface area contributed by atoms with Gasteiger partial charge in [-0.15, -0.1) is 0 Å². The van der Waals surface area contributed by atoms with E-state index >= 15 is 0 Å². The Morgan fingerprint density at radius 2 is 1.94 bits per heavy atom. The smallest absolute Gasteiger partial charge is 0.0924 e. The molecule has 2 atom stereocenters. The Morgan fingerprint density at radius 1 is 1.25 bits per heavy atom. The number of hydrogen-bond donors (Lipinski definition) is 1. The first-order valence-corrected chi connectivity index (χ1v) is 6.52. The lowest BCUT2D eigenvalue weighted by molar-refractivity contribution is -0.00388. The lowest BCUT2D eigenvalue weighted by Gasteiger charge is -2.30. The van der Waals surface area contributed by atoms with Crippen molar-refractivity contribution in [2.24, 2.45) is 5.92 Å². The van der Waals surface area contributed by atoms with Crippen molar-refractivity contribution in [3.63, 3.8) is 0 Å². The molecular weight excluding hydrogens is 196 g/mol. The van der Waals surface area contributed by atoms with Crippen LogP contribution in [0.4, 0.5) is 0 Å². The van der Waals surface area contributed by atoms with Crippen LogP contribution in [0, 0.1) is 5.92 Å². The highest BCUT2D eigenvalue weighted by Crippen LogP contribution is 2.45. The zero-order valence-corrected chi connectivity index (χ0v) is 10.4. The summed E-state index contributed by atoms with van der Waals surface area (Å²) < 4.78 is 0. The molecule has 2 unspecified atom stereocenters. The van der Waals surface area contributed by atoms with Crippen molar-refractivity contribution >= 4 is 0 Å². The molecule has 1 saturated carbocycles. The van der Waals surface area contributed by atoms with Gasteiger partial charge in [-0.25, -0.2) is 0 Å². The molecule has 2 rings (SSSR count). The van der Waals surface area contributed by atoms with Crippen LogP contribution in [0.1, 0.15) is 50.7 Å². The third-order valence-corrected chi connectivity index (χ3v) is 4.14. The average molecular weight is 218 g/mol. The largest absolute Gasteiger partial charge is 0.385 e. The third kappa shape index (κ3) is 1.89. The second-order valence-corrected chi connectivity index (χ2v) is 4.97. The topological polar surface area (TPSA) is 20.2 Å². The third-order valence-electron chi connectivity index (χ3n) is 4.14. The summed E-state index contributed by atoms with van der Waals surface area (Å²) in [6.07, 6.45) is 5.39. The van der Waals surface area contributed by atoms with E-state index < -0.39 is 5.60 Å². The second kappa shape index (κ2) is 4.58. The molecule has 0 heterocycles. The number of benzene rings is 1. The molecule has 0 amide bonds. The minimum absolute atomic E-state index is 0.444. The van der Waals surface area contributed by atoms with Gasteiger partial charge in [0, 0.05) is 0 Å². The fourth-order valence-corrected chi connectivity index (χ4v) is 3.01. The van der Waals surface area contributed by atoms with Crippen molar-refractivity contribution in [1.29, 1.82) is 0 Å². The number of hydrogen-bond acceptors (Lipinski definition) is 1. The van der Waals surface area contributed by atoms with Crippen molar-refractivity contribution in [3.8, 4) is 0 Å². The van der Waals surface area contributed by atoms with Gasteiger partial charge in [-0.05, 0) is 42.7 Å². The van der Waals surface area contributed by atoms with E-state index in [-0.39, 0.29) is 0 Å². The Balaban J connectivity index is 2.27. The first-order valence-electron chi connectivity index (χ1n) is 6.52. The SMILES string of the molecule is CCc1ccc(C2(O)CCCC2CC)cc1. The zero-order chi connectivity index (χ0) is 11.6. The fourth-order valence-electron chi connectivity index (χ4n) is 3.01. The van der Waals surface area contributed by atoms with Gasteiger partial charge in [-0.1, -0.05) is 44.5 Å². The number of aliphatic hydroxyl groups is 1. The molecule has 1 fully saturated rings. The molecule has 0 bridgehead atoms. The maximum atomic E-state index is 10.8. The Labute approximate surface area is 98.5 Å². The Hall–Kier alpha value is -0.820. The summed E-state index contributed by atoms with van der Waals surface area (Å²) in [6, 6.07) is 8.54. The quantitative estimate of drug-likeness (QED) is 0.821. The van der Waals surface area contributed by atoms with E-state index in [1.54, 1.807) is 0 Å². The summed E-state index contributed by atoms with van der Waals surface area (Å²) in [5, 5.41) is 10.8. The highest BCUT2D eigenvalue weighted by atomic mass is 16.3. The normalized spacial score (nSPS) is 29.6. The van der Waals surface area contributed by atoms with Crippen LogP contribution in [0.2, 0.25) is 0 Å². The van der Waals surface area contributed by atoms with E-state index in [1.807, 2.05) is 0 Å². The van der Waals surface area contributed by atoms with Crippen LogP contribution in [-0.2, 0) is 12.0 Å². The summed E-state index contributed by atoms with van der Waals surface area (Å²) in [4.78, 5) is 0. The maximum Gasteiger partial charge on any atom is 0.0924 e. The molecule has 1 aromatic carbocycles. The van der Waals surface area contributed by atoms with Crippen LogP contribution in [0.5, 0.6) is 0 Å². The summed E-state index contributed by atoms with van der Waals surface area (Å²) in [7, 11) is 0. The molecule has 1 heteroatoms. The van der Waals surface area contributed by atoms with Gasteiger partial charge >= 0.3 is 0 Å². The monoisotopic (exact) mass is 218 g/mol. The first-order chi connectivity index (χ1) is 7.70. The molecular formula is C15H22O. The molecule has 0 aromatic heterocycles. The summed E-state index contributed by atoms with van der Waals surface area (Å²) in [5.74, 6) is 0.444. The maximum absolute atomic E-state index is 10.8. The van der Waals surface area contributed by atoms with E-state index in [0.29, 0.717) is 5.92 Å². The van der Waals surface area contributed by atoms with E-state index in [0.717, 1.165) is 31.2 Å². The second-order valence-electron chi connectivity index (χ2n) is 4.97. The predicted molar refractivity (Wildman–Crippen MR) is 67.3 cm³/mol. The molecule has 1 N–H and O–H groups in total. The van der Waals surface area contributed by atoms with E-state index in [1.165, 1.54) is 12.0 Å². The Kier molecular flexibility index (Phi) is 3.34. The standard InChI is InChI=1S/C15H22O/c1-3-12-7-9-14(10-8-12)15(16)11-5-6-13(15)4-2/h7-10,13,16H,3-6,11H2,1-2H3. The van der Waals surface area contributed by atoms with Gasteiger partial charge in [-0.2, -0.15) is 0 Å². The first kappa shape index (κ1) is 11.7. The van der Waals surface area contributed by atoms with Crippen LogP contribution < -0.4 is 0 Å². The molecule has 88 valence electrons. The number of aryl methyl sites for hydroxylation is 1. The van der Waals surface area contributed by atoms with Crippen molar-refractivity contribution in [3.05, 3.63) is 35.4 Å². The molecule has 0 saturated heterocycles. The highest BCUT2D eigenvalue weighted by Gasteiger charge is 2.41. The minimum atomic E-state index is -0.555. The van der Waals surface area contributed by atoms with Gasteiger partial charge in [0.25, 0.3) is 0 Å². The molecule has 1 aliphatic carbocycles. The van der Waals surface area contributed by atoms with E-state index in [2.05, 4.69) is 38.1 Å². The molecule has 1 aliphatic rings. The molecule has 1 aromatic rings. The van der Waals surface area contributed by atoms with Gasteiger partial charge in [0.1, 0.15) is 0 Å². The summed E-state index contributed by atoms with van der Waals surface area (Å²) in [5.41, 5.74) is 1.91. The van der Waals surface area contributed by atoms with Crippen LogP contribution in [0.25, 0.3) is 0 Å². The van der Waals surface area contributed by atoms with Crippen LogP contribution in [-0.4, -0.2) is 5.11 Å². The van der Waals surface area contributed by atoms with Gasteiger partial charge in [0.15, 0.2) is 0 Å². The summed E-state index contributed by atoms with van der Waals surface area (Å²) in [6.45, 7) is 4.34. The van der Waals surface area contributed by atoms with Crippen LogP contribution in [0.3, 0.4) is 0 Å². The van der Waals surface area contributed by atoms with E-state index in [4.69, 9.17) is 0 Å². The molecule has 16 heavy (non-hydrogen) atoms. The van der Waals surface area contributed by atoms with Crippen molar-refractivity contribution < 1.29 is 5.11 Å². The molecule has 0 spiro atoms.